The molecular formula is C20H15BrClNO2S. The van der Waals surface area contributed by atoms with Crippen LogP contribution in [0, 0.1) is 0 Å². The molecule has 0 radical (unpaired) electrons. The predicted molar refractivity (Wildman–Crippen MR) is 111 cm³/mol. The van der Waals surface area contributed by atoms with E-state index in [0.29, 0.717) is 16.1 Å². The van der Waals surface area contributed by atoms with Gasteiger partial charge >= 0.3 is 0 Å². The summed E-state index contributed by atoms with van der Waals surface area (Å²) >= 11 is 9.98. The van der Waals surface area contributed by atoms with Crippen molar-refractivity contribution in [1.82, 2.24) is 3.97 Å². The standard InChI is InChI=1S/C20H15BrClNO2S/c21-13-12-14-10-11-17(22)20-19(14)16-8-4-5-9-18(16)23(20)26(24,25)15-6-2-1-3-7-15/h1-11H,12-13H2. The summed E-state index contributed by atoms with van der Waals surface area (Å²) < 4.78 is 28.3. The number of fused-ring (bicyclic) bond motifs is 3. The van der Waals surface area contributed by atoms with Gasteiger partial charge in [-0.25, -0.2) is 12.4 Å². The Balaban J connectivity index is 2.21. The second-order valence-corrected chi connectivity index (χ2v) is 8.96. The number of aromatic nitrogens is 1. The van der Waals surface area contributed by atoms with Gasteiger partial charge in [-0.15, -0.1) is 0 Å². The minimum atomic E-state index is -3.78. The zero-order valence-corrected chi connectivity index (χ0v) is 16.9. The van der Waals surface area contributed by atoms with Gasteiger partial charge in [-0.05, 0) is 36.2 Å². The largest absolute Gasteiger partial charge is 0.268 e. The maximum absolute atomic E-state index is 13.4. The normalized spacial score (nSPS) is 12.1. The molecule has 1 aromatic heterocycles. The first-order valence-electron chi connectivity index (χ1n) is 8.13. The van der Waals surface area contributed by atoms with E-state index in [0.717, 1.165) is 28.1 Å². The number of rotatable bonds is 4. The minimum Gasteiger partial charge on any atom is -0.232 e. The van der Waals surface area contributed by atoms with Gasteiger partial charge in [-0.1, -0.05) is 70.0 Å². The molecule has 0 aliphatic carbocycles. The summed E-state index contributed by atoms with van der Waals surface area (Å²) in [5.41, 5.74) is 2.24. The van der Waals surface area contributed by atoms with Crippen LogP contribution < -0.4 is 0 Å². The summed E-state index contributed by atoms with van der Waals surface area (Å²) in [5, 5.41) is 3.00. The van der Waals surface area contributed by atoms with Gasteiger partial charge in [0.05, 0.1) is 21.0 Å². The maximum atomic E-state index is 13.4. The van der Waals surface area contributed by atoms with Crippen molar-refractivity contribution in [2.45, 2.75) is 11.3 Å². The fraction of sp³-hybridized carbons (Fsp3) is 0.100. The highest BCUT2D eigenvalue weighted by Gasteiger charge is 2.25. The van der Waals surface area contributed by atoms with Crippen molar-refractivity contribution in [3.63, 3.8) is 0 Å². The SMILES string of the molecule is O=S(=O)(c1ccccc1)n1c2ccccc2c2c(CCBr)ccc(Cl)c21. The number of halogens is 2. The molecule has 0 saturated carbocycles. The quantitative estimate of drug-likeness (QED) is 0.380. The lowest BCUT2D eigenvalue weighted by molar-refractivity contribution is 0.590. The highest BCUT2D eigenvalue weighted by atomic mass is 79.9. The monoisotopic (exact) mass is 447 g/mol. The second kappa shape index (κ2) is 6.72. The van der Waals surface area contributed by atoms with Crippen LogP contribution in [0.1, 0.15) is 5.56 Å². The van der Waals surface area contributed by atoms with Crippen molar-refractivity contribution >= 4 is 59.4 Å². The molecule has 3 aromatic carbocycles. The molecule has 3 nitrogen and oxygen atoms in total. The van der Waals surface area contributed by atoms with Gasteiger partial charge in [0.25, 0.3) is 10.0 Å². The molecule has 0 aliphatic heterocycles. The summed E-state index contributed by atoms with van der Waals surface area (Å²) in [6.07, 6.45) is 0.785. The van der Waals surface area contributed by atoms with Crippen LogP contribution in [0.3, 0.4) is 0 Å². The Morgan fingerprint density at radius 2 is 1.62 bits per heavy atom. The van der Waals surface area contributed by atoms with Gasteiger partial charge in [0, 0.05) is 16.1 Å². The van der Waals surface area contributed by atoms with Crippen LogP contribution in [0.2, 0.25) is 5.02 Å². The molecule has 1 heterocycles. The number of nitrogens with zero attached hydrogens (tertiary/aromatic N) is 1. The molecule has 0 fully saturated rings. The Bertz CT molecular complexity index is 1220. The van der Waals surface area contributed by atoms with E-state index in [1.165, 1.54) is 3.97 Å². The zero-order chi connectivity index (χ0) is 18.3. The molecular weight excluding hydrogens is 434 g/mol. The lowest BCUT2D eigenvalue weighted by Gasteiger charge is -2.11. The van der Waals surface area contributed by atoms with E-state index >= 15 is 0 Å². The number of aryl methyl sites for hydroxylation is 1. The van der Waals surface area contributed by atoms with Crippen LogP contribution in [0.25, 0.3) is 21.8 Å². The zero-order valence-electron chi connectivity index (χ0n) is 13.7. The summed E-state index contributed by atoms with van der Waals surface area (Å²) in [7, 11) is -3.78. The summed E-state index contributed by atoms with van der Waals surface area (Å²) in [5.74, 6) is 0. The summed E-state index contributed by atoms with van der Waals surface area (Å²) in [6.45, 7) is 0. The first-order valence-corrected chi connectivity index (χ1v) is 11.1. The van der Waals surface area contributed by atoms with Crippen molar-refractivity contribution in [3.05, 3.63) is 77.3 Å². The van der Waals surface area contributed by atoms with E-state index in [4.69, 9.17) is 11.6 Å². The number of para-hydroxylation sites is 1. The minimum absolute atomic E-state index is 0.240. The second-order valence-electron chi connectivity index (χ2n) is 5.97. The molecule has 0 spiro atoms. The molecule has 0 amide bonds. The Morgan fingerprint density at radius 1 is 0.923 bits per heavy atom. The fourth-order valence-corrected chi connectivity index (χ4v) is 5.63. The van der Waals surface area contributed by atoms with Crippen LogP contribution in [0.15, 0.2) is 71.6 Å². The molecule has 4 aromatic rings. The van der Waals surface area contributed by atoms with Gasteiger partial charge in [0.15, 0.2) is 0 Å². The van der Waals surface area contributed by atoms with Crippen molar-refractivity contribution in [1.29, 1.82) is 0 Å². The molecule has 132 valence electrons. The molecule has 0 aliphatic rings. The Morgan fingerprint density at radius 3 is 2.35 bits per heavy atom. The first-order chi connectivity index (χ1) is 12.6. The Labute approximate surface area is 165 Å². The lowest BCUT2D eigenvalue weighted by atomic mass is 10.0. The lowest BCUT2D eigenvalue weighted by Crippen LogP contribution is -2.12. The first kappa shape index (κ1) is 17.6. The molecule has 6 heteroatoms. The maximum Gasteiger partial charge on any atom is 0.268 e. The number of benzene rings is 3. The van der Waals surface area contributed by atoms with E-state index in [1.807, 2.05) is 30.3 Å². The average molecular weight is 449 g/mol. The molecule has 0 saturated heterocycles. The van der Waals surface area contributed by atoms with Gasteiger partial charge in [-0.2, -0.15) is 0 Å². The van der Waals surface area contributed by atoms with Crippen molar-refractivity contribution in [2.75, 3.05) is 5.33 Å². The van der Waals surface area contributed by atoms with Gasteiger partial charge in [0.2, 0.25) is 0 Å². The summed E-state index contributed by atoms with van der Waals surface area (Å²) in [6, 6.07) is 19.7. The van der Waals surface area contributed by atoms with Crippen LogP contribution in [-0.4, -0.2) is 17.7 Å². The molecule has 0 atom stereocenters. The fourth-order valence-electron chi connectivity index (χ4n) is 3.35. The van der Waals surface area contributed by atoms with Gasteiger partial charge < -0.3 is 0 Å². The topological polar surface area (TPSA) is 39.1 Å². The molecule has 0 bridgehead atoms. The Hall–Kier alpha value is -1.82. The van der Waals surface area contributed by atoms with E-state index in [-0.39, 0.29) is 4.90 Å². The number of alkyl halides is 1. The van der Waals surface area contributed by atoms with E-state index in [2.05, 4.69) is 15.9 Å². The molecule has 0 unspecified atom stereocenters. The van der Waals surface area contributed by atoms with Gasteiger partial charge in [0.1, 0.15) is 0 Å². The van der Waals surface area contributed by atoms with Crippen LogP contribution in [0.4, 0.5) is 0 Å². The van der Waals surface area contributed by atoms with Crippen molar-refractivity contribution < 1.29 is 8.42 Å². The highest BCUT2D eigenvalue weighted by molar-refractivity contribution is 9.09. The van der Waals surface area contributed by atoms with Gasteiger partial charge in [-0.3, -0.25) is 0 Å². The van der Waals surface area contributed by atoms with Crippen molar-refractivity contribution in [2.24, 2.45) is 0 Å². The highest BCUT2D eigenvalue weighted by Crippen LogP contribution is 2.38. The van der Waals surface area contributed by atoms with Crippen molar-refractivity contribution in [3.8, 4) is 0 Å². The van der Waals surface area contributed by atoms with Crippen LogP contribution in [-0.2, 0) is 16.4 Å². The molecule has 0 N–H and O–H groups in total. The van der Waals surface area contributed by atoms with Crippen LogP contribution >= 0.6 is 27.5 Å². The predicted octanol–water partition coefficient (Wildman–Crippen LogP) is 5.62. The number of hydrogen-bond acceptors (Lipinski definition) is 2. The van der Waals surface area contributed by atoms with E-state index in [9.17, 15) is 8.42 Å². The van der Waals surface area contributed by atoms with E-state index in [1.54, 1.807) is 36.4 Å². The third kappa shape index (κ3) is 2.66. The smallest absolute Gasteiger partial charge is 0.232 e. The van der Waals surface area contributed by atoms with E-state index < -0.39 is 10.0 Å². The Kier molecular flexibility index (Phi) is 4.55. The third-order valence-corrected chi connectivity index (χ3v) is 6.88. The van der Waals surface area contributed by atoms with Crippen LogP contribution in [0.5, 0.6) is 0 Å². The molecule has 26 heavy (non-hydrogen) atoms. The molecule has 4 rings (SSSR count). The number of hydrogen-bond donors (Lipinski definition) is 0. The average Bonchev–Trinajstić information content (AvgIpc) is 3.02. The summed E-state index contributed by atoms with van der Waals surface area (Å²) in [4.78, 5) is 0.240. The third-order valence-electron chi connectivity index (χ3n) is 4.46.